The van der Waals surface area contributed by atoms with Gasteiger partial charge in [-0.2, -0.15) is 0 Å². The lowest BCUT2D eigenvalue weighted by atomic mass is 9.81. The van der Waals surface area contributed by atoms with Gasteiger partial charge in [-0.15, -0.1) is 0 Å². The van der Waals surface area contributed by atoms with Gasteiger partial charge in [0.05, 0.1) is 12.3 Å². The Morgan fingerprint density at radius 1 is 1.41 bits per heavy atom. The van der Waals surface area contributed by atoms with Crippen LogP contribution in [-0.2, 0) is 15.8 Å². The van der Waals surface area contributed by atoms with Crippen LogP contribution in [0, 0.1) is 11.7 Å². The molecule has 0 bridgehead atoms. The number of primary amides is 1. The summed E-state index contributed by atoms with van der Waals surface area (Å²) in [5.41, 5.74) is 4.79. The fraction of sp³-hybridized carbons (Fsp3) is 0.400. The van der Waals surface area contributed by atoms with Gasteiger partial charge in [0.1, 0.15) is 34.9 Å². The number of aliphatic hydroxyl groups excluding tert-OH is 1. The number of halogens is 1. The maximum atomic E-state index is 13.4. The second kappa shape index (κ2) is 6.00. The molecule has 7 heteroatoms. The molecule has 1 amide bonds. The molecule has 4 N–H and O–H groups in total. The zero-order valence-corrected chi connectivity index (χ0v) is 14.9. The van der Waals surface area contributed by atoms with Crippen LogP contribution in [0.2, 0.25) is 0 Å². The predicted octanol–water partition coefficient (Wildman–Crippen LogP) is 1.61. The topological polar surface area (TPSA) is 106 Å². The third kappa shape index (κ3) is 2.69. The van der Waals surface area contributed by atoms with Gasteiger partial charge in [0.25, 0.3) is 0 Å². The minimum absolute atomic E-state index is 0.0535. The zero-order chi connectivity index (χ0) is 19.4. The Morgan fingerprint density at radius 2 is 2.07 bits per heavy atom. The Balaban J connectivity index is 1.96. The fourth-order valence-electron chi connectivity index (χ4n) is 3.59. The summed E-state index contributed by atoms with van der Waals surface area (Å²) in [5.74, 6) is -0.652. The molecule has 0 radical (unpaired) electrons. The van der Waals surface area contributed by atoms with Gasteiger partial charge in [0.15, 0.2) is 0 Å². The number of carbonyl (C=O) groups is 1. The number of rotatable bonds is 5. The second-order valence-corrected chi connectivity index (χ2v) is 7.58. The summed E-state index contributed by atoms with van der Waals surface area (Å²) < 4.78 is 19.1. The fourth-order valence-corrected chi connectivity index (χ4v) is 3.59. The molecule has 2 aromatic rings. The quantitative estimate of drug-likeness (QED) is 0.739. The molecule has 0 spiro atoms. The summed E-state index contributed by atoms with van der Waals surface area (Å²) >= 11 is 0. The van der Waals surface area contributed by atoms with Gasteiger partial charge in [0.2, 0.25) is 5.91 Å². The Labute approximate surface area is 155 Å². The molecule has 27 heavy (non-hydrogen) atoms. The number of hydrogen-bond donors (Lipinski definition) is 3. The summed E-state index contributed by atoms with van der Waals surface area (Å²) in [6.07, 6.45) is 1.57. The maximum absolute atomic E-state index is 13.4. The number of benzene rings is 1. The van der Waals surface area contributed by atoms with E-state index in [1.54, 1.807) is 25.1 Å². The van der Waals surface area contributed by atoms with E-state index in [4.69, 9.17) is 10.5 Å². The molecule has 6 nitrogen and oxygen atoms in total. The number of fused-ring (bicyclic) bond motifs is 1. The van der Waals surface area contributed by atoms with E-state index in [1.807, 2.05) is 0 Å². The molecule has 1 aliphatic carbocycles. The van der Waals surface area contributed by atoms with Crippen LogP contribution in [-0.4, -0.2) is 34.3 Å². The average Bonchev–Trinajstić information content (AvgIpc) is 3.46. The van der Waals surface area contributed by atoms with Crippen LogP contribution in [0.25, 0.3) is 11.3 Å². The largest absolute Gasteiger partial charge is 0.489 e. The van der Waals surface area contributed by atoms with E-state index < -0.39 is 23.5 Å². The highest BCUT2D eigenvalue weighted by atomic mass is 19.1. The Morgan fingerprint density at radius 3 is 2.63 bits per heavy atom. The number of carbonyl (C=O) groups excluding carboxylic acids is 1. The van der Waals surface area contributed by atoms with E-state index in [0.29, 0.717) is 22.6 Å². The van der Waals surface area contributed by atoms with Crippen molar-refractivity contribution < 1.29 is 24.1 Å². The molecule has 4 rings (SSSR count). The monoisotopic (exact) mass is 372 g/mol. The lowest BCUT2D eigenvalue weighted by Gasteiger charge is -2.27. The summed E-state index contributed by atoms with van der Waals surface area (Å²) in [5, 5.41) is 20.9. The number of nitrogens with two attached hydrogens (primary N) is 1. The van der Waals surface area contributed by atoms with Crippen LogP contribution in [0.1, 0.15) is 31.0 Å². The van der Waals surface area contributed by atoms with Crippen molar-refractivity contribution in [1.29, 1.82) is 0 Å². The SMILES string of the molecule is C[C@]1(C(N)=O)COc2c1cc(C(O)(CO)C1CC1)nc2-c1ccc(F)cc1. The van der Waals surface area contributed by atoms with Gasteiger partial charge in [-0.1, -0.05) is 0 Å². The van der Waals surface area contributed by atoms with E-state index in [2.05, 4.69) is 4.98 Å². The van der Waals surface area contributed by atoms with Crippen LogP contribution < -0.4 is 10.5 Å². The Hall–Kier alpha value is -2.51. The van der Waals surface area contributed by atoms with Gasteiger partial charge in [-0.05, 0) is 56.0 Å². The van der Waals surface area contributed by atoms with Crippen LogP contribution in [0.5, 0.6) is 5.75 Å². The van der Waals surface area contributed by atoms with E-state index >= 15 is 0 Å². The average molecular weight is 372 g/mol. The lowest BCUT2D eigenvalue weighted by Crippen LogP contribution is -2.40. The maximum Gasteiger partial charge on any atom is 0.231 e. The first kappa shape index (κ1) is 17.9. The molecular formula is C20H21FN2O4. The summed E-state index contributed by atoms with van der Waals surface area (Å²) in [6.45, 7) is 1.24. The first-order valence-corrected chi connectivity index (χ1v) is 8.87. The smallest absolute Gasteiger partial charge is 0.231 e. The molecule has 2 atom stereocenters. The molecule has 1 aromatic heterocycles. The summed E-state index contributed by atoms with van der Waals surface area (Å²) in [4.78, 5) is 16.7. The van der Waals surface area contributed by atoms with Crippen LogP contribution in [0.4, 0.5) is 4.39 Å². The molecule has 2 aliphatic rings. The van der Waals surface area contributed by atoms with Crippen molar-refractivity contribution in [3.05, 3.63) is 47.4 Å². The number of aromatic nitrogens is 1. The normalized spacial score (nSPS) is 23.4. The highest BCUT2D eigenvalue weighted by Gasteiger charge is 2.49. The minimum Gasteiger partial charge on any atom is -0.489 e. The number of amides is 1. The Kier molecular flexibility index (Phi) is 3.98. The van der Waals surface area contributed by atoms with Crippen molar-refractivity contribution in [3.8, 4) is 17.0 Å². The zero-order valence-electron chi connectivity index (χ0n) is 14.9. The molecular weight excluding hydrogens is 351 g/mol. The molecule has 1 unspecified atom stereocenters. The van der Waals surface area contributed by atoms with Gasteiger partial charge < -0.3 is 20.7 Å². The number of ether oxygens (including phenoxy) is 1. The van der Waals surface area contributed by atoms with Gasteiger partial charge in [-0.3, -0.25) is 4.79 Å². The van der Waals surface area contributed by atoms with Crippen molar-refractivity contribution in [1.82, 2.24) is 4.98 Å². The number of hydrogen-bond acceptors (Lipinski definition) is 5. The third-order valence-electron chi connectivity index (χ3n) is 5.67. The van der Waals surface area contributed by atoms with Gasteiger partial charge in [-0.25, -0.2) is 9.37 Å². The second-order valence-electron chi connectivity index (χ2n) is 7.58. The molecule has 0 saturated heterocycles. The molecule has 1 aliphatic heterocycles. The van der Waals surface area contributed by atoms with Crippen molar-refractivity contribution in [2.75, 3.05) is 13.2 Å². The van der Waals surface area contributed by atoms with E-state index in [0.717, 1.165) is 12.8 Å². The Bertz CT molecular complexity index is 913. The highest BCUT2D eigenvalue weighted by Crippen LogP contribution is 2.49. The number of aliphatic hydroxyl groups is 2. The summed E-state index contributed by atoms with van der Waals surface area (Å²) in [7, 11) is 0. The standard InChI is InChI=1S/C20H21FN2O4/c1-19(18(22)25)10-27-17-14(19)8-15(20(26,9-24)12-4-5-12)23-16(17)11-2-6-13(21)7-3-11/h2-3,6-8,12,24,26H,4-5,9-10H2,1H3,(H2,22,25)/t19-,20?/m0/s1. The third-order valence-corrected chi connectivity index (χ3v) is 5.67. The number of pyridine rings is 1. The predicted molar refractivity (Wildman–Crippen MR) is 95.4 cm³/mol. The summed E-state index contributed by atoms with van der Waals surface area (Å²) in [6, 6.07) is 7.32. The highest BCUT2D eigenvalue weighted by molar-refractivity contribution is 5.90. The van der Waals surface area contributed by atoms with Crippen LogP contribution in [0.15, 0.2) is 30.3 Å². The minimum atomic E-state index is -1.51. The van der Waals surface area contributed by atoms with E-state index in [-0.39, 0.29) is 24.0 Å². The van der Waals surface area contributed by atoms with Crippen molar-refractivity contribution in [2.45, 2.75) is 30.8 Å². The molecule has 1 fully saturated rings. The molecule has 1 saturated carbocycles. The van der Waals surface area contributed by atoms with E-state index in [1.165, 1.54) is 12.1 Å². The van der Waals surface area contributed by atoms with Crippen molar-refractivity contribution >= 4 is 5.91 Å². The molecule has 142 valence electrons. The van der Waals surface area contributed by atoms with Crippen molar-refractivity contribution in [3.63, 3.8) is 0 Å². The van der Waals surface area contributed by atoms with Gasteiger partial charge in [0, 0.05) is 11.1 Å². The van der Waals surface area contributed by atoms with Crippen molar-refractivity contribution in [2.24, 2.45) is 11.7 Å². The molecule has 1 aromatic carbocycles. The van der Waals surface area contributed by atoms with Gasteiger partial charge >= 0.3 is 0 Å². The van der Waals surface area contributed by atoms with Crippen LogP contribution in [0.3, 0.4) is 0 Å². The van der Waals surface area contributed by atoms with E-state index in [9.17, 15) is 19.4 Å². The first-order chi connectivity index (χ1) is 12.8. The van der Waals surface area contributed by atoms with Crippen LogP contribution >= 0.6 is 0 Å². The lowest BCUT2D eigenvalue weighted by molar-refractivity contribution is -0.123. The first-order valence-electron chi connectivity index (χ1n) is 8.87. The molecule has 2 heterocycles. The number of nitrogens with zero attached hydrogens (tertiary/aromatic N) is 1.